The predicted octanol–water partition coefficient (Wildman–Crippen LogP) is 15.1. The molecule has 0 saturated carbocycles. The third kappa shape index (κ3) is 3.83. The van der Waals surface area contributed by atoms with Crippen molar-refractivity contribution in [2.24, 2.45) is 0 Å². The van der Waals surface area contributed by atoms with Crippen molar-refractivity contribution in [1.29, 1.82) is 0 Å². The maximum absolute atomic E-state index is 2.53. The molecule has 0 radical (unpaired) electrons. The Labute approximate surface area is 306 Å². The van der Waals surface area contributed by atoms with Crippen LogP contribution < -0.4 is 0 Å². The minimum absolute atomic E-state index is 1.32. The van der Waals surface area contributed by atoms with Crippen molar-refractivity contribution in [3.63, 3.8) is 0 Å². The Balaban J connectivity index is 1.45. The molecule has 0 fully saturated rings. The van der Waals surface area contributed by atoms with Gasteiger partial charge in [0.1, 0.15) is 0 Å². The lowest BCUT2D eigenvalue weighted by molar-refractivity contribution is 1.18. The van der Waals surface area contributed by atoms with Gasteiger partial charge in [-0.2, -0.15) is 0 Å². The van der Waals surface area contributed by atoms with Gasteiger partial charge in [0.15, 0.2) is 0 Å². The Morgan fingerprint density at radius 2 is 0.462 bits per heavy atom. The van der Waals surface area contributed by atoms with Crippen molar-refractivity contribution in [2.45, 2.75) is 69.2 Å². The van der Waals surface area contributed by atoms with Gasteiger partial charge >= 0.3 is 0 Å². The first kappa shape index (κ1) is 31.3. The van der Waals surface area contributed by atoms with Crippen LogP contribution in [0.25, 0.3) is 97.7 Å². The zero-order valence-electron chi connectivity index (χ0n) is 32.1. The van der Waals surface area contributed by atoms with E-state index in [-0.39, 0.29) is 0 Å². The Hall–Kier alpha value is -5.46. The standard InChI is InChI=1S/C52H44/c1-25-27(3)31(7)49(32(8)28(25)4)35-19-43-37-15-11-13-17-39(37)47-24-42-41(45(21-35)51(43)47)23-48-40-18-14-12-16-38(40)44-20-36(22-46(42)52(44)48)50-33(9)29(5)26(2)30(6)34(50)10/h11-24H,1-10H3. The lowest BCUT2D eigenvalue weighted by Crippen LogP contribution is -2.00. The fraction of sp³-hybridized carbons (Fsp3) is 0.192. The third-order valence-corrected chi connectivity index (χ3v) is 13.9. The first-order valence-corrected chi connectivity index (χ1v) is 18.9. The lowest BCUT2D eigenvalue weighted by atomic mass is 9.84. The number of benzene rings is 8. The van der Waals surface area contributed by atoms with Gasteiger partial charge in [-0.25, -0.2) is 0 Å². The summed E-state index contributed by atoms with van der Waals surface area (Å²) in [7, 11) is 0. The molecule has 0 aliphatic rings. The van der Waals surface area contributed by atoms with Crippen molar-refractivity contribution < 1.29 is 0 Å². The summed E-state index contributed by atoms with van der Waals surface area (Å²) in [6.07, 6.45) is 0. The summed E-state index contributed by atoms with van der Waals surface area (Å²) < 4.78 is 0. The summed E-state index contributed by atoms with van der Waals surface area (Å²) in [6.45, 7) is 23.0. The maximum atomic E-state index is 2.53. The maximum Gasteiger partial charge on any atom is -0.00195 e. The van der Waals surface area contributed by atoms with E-state index in [1.165, 1.54) is 153 Å². The van der Waals surface area contributed by atoms with E-state index in [9.17, 15) is 0 Å². The van der Waals surface area contributed by atoms with Crippen LogP contribution in [0.2, 0.25) is 0 Å². The Bertz CT molecular complexity index is 2930. The van der Waals surface area contributed by atoms with Gasteiger partial charge in [0, 0.05) is 0 Å². The molecule has 0 N–H and O–H groups in total. The van der Waals surface area contributed by atoms with E-state index in [1.807, 2.05) is 0 Å². The second-order valence-electron chi connectivity index (χ2n) is 15.9. The van der Waals surface area contributed by atoms with E-state index in [2.05, 4.69) is 154 Å². The topological polar surface area (TPSA) is 0 Å². The van der Waals surface area contributed by atoms with Crippen molar-refractivity contribution >= 4 is 75.4 Å². The monoisotopic (exact) mass is 668 g/mol. The Morgan fingerprint density at radius 1 is 0.231 bits per heavy atom. The van der Waals surface area contributed by atoms with Gasteiger partial charge in [0.2, 0.25) is 0 Å². The van der Waals surface area contributed by atoms with Crippen LogP contribution >= 0.6 is 0 Å². The first-order valence-electron chi connectivity index (χ1n) is 18.9. The van der Waals surface area contributed by atoms with Gasteiger partial charge in [-0.05, 0) is 259 Å². The van der Waals surface area contributed by atoms with Gasteiger partial charge in [0.25, 0.3) is 0 Å². The van der Waals surface area contributed by atoms with Gasteiger partial charge < -0.3 is 0 Å². The molecule has 0 heteroatoms. The Morgan fingerprint density at radius 3 is 0.750 bits per heavy atom. The molecule has 0 amide bonds. The van der Waals surface area contributed by atoms with Gasteiger partial charge in [-0.1, -0.05) is 48.5 Å². The number of fused-ring (bicyclic) bond motifs is 9. The molecule has 0 bridgehead atoms. The van der Waals surface area contributed by atoms with Crippen molar-refractivity contribution in [2.75, 3.05) is 0 Å². The van der Waals surface area contributed by atoms with Crippen LogP contribution in [-0.4, -0.2) is 0 Å². The van der Waals surface area contributed by atoms with E-state index < -0.39 is 0 Å². The number of hydrogen-bond acceptors (Lipinski definition) is 0. The molecule has 0 aromatic heterocycles. The van der Waals surface area contributed by atoms with E-state index in [1.54, 1.807) is 0 Å². The summed E-state index contributed by atoms with van der Waals surface area (Å²) in [4.78, 5) is 0. The summed E-state index contributed by atoms with van der Waals surface area (Å²) >= 11 is 0. The second kappa shape index (κ2) is 10.5. The van der Waals surface area contributed by atoms with Crippen molar-refractivity contribution in [3.8, 4) is 22.3 Å². The average molecular weight is 669 g/mol. The summed E-state index contributed by atoms with van der Waals surface area (Å²) in [5.74, 6) is 0. The van der Waals surface area contributed by atoms with Crippen LogP contribution in [-0.2, 0) is 0 Å². The molecule has 10 rings (SSSR count). The minimum Gasteiger partial charge on any atom is -0.0616 e. The number of hydrogen-bond donors (Lipinski definition) is 0. The normalized spacial score (nSPS) is 12.4. The van der Waals surface area contributed by atoms with Crippen LogP contribution in [0.4, 0.5) is 0 Å². The van der Waals surface area contributed by atoms with Crippen LogP contribution in [0.3, 0.4) is 0 Å². The van der Waals surface area contributed by atoms with Crippen LogP contribution in [0, 0.1) is 69.2 Å². The molecule has 0 aliphatic heterocycles. The average Bonchev–Trinajstić information content (AvgIpc) is 3.65. The molecular formula is C52H44. The van der Waals surface area contributed by atoms with Gasteiger partial charge in [-0.15, -0.1) is 0 Å². The molecule has 0 atom stereocenters. The lowest BCUT2D eigenvalue weighted by Gasteiger charge is -2.20. The zero-order chi connectivity index (χ0) is 36.1. The van der Waals surface area contributed by atoms with Crippen LogP contribution in [0.1, 0.15) is 55.6 Å². The predicted molar refractivity (Wildman–Crippen MR) is 230 cm³/mol. The van der Waals surface area contributed by atoms with E-state index in [0.29, 0.717) is 0 Å². The highest BCUT2D eigenvalue weighted by Crippen LogP contribution is 2.50. The quantitative estimate of drug-likeness (QED) is 0.161. The second-order valence-corrected chi connectivity index (χ2v) is 15.9. The summed E-state index contributed by atoms with van der Waals surface area (Å²) in [6, 6.07) is 33.3. The highest BCUT2D eigenvalue weighted by molar-refractivity contribution is 6.41. The molecule has 10 aromatic carbocycles. The fourth-order valence-electron chi connectivity index (χ4n) is 10.2. The zero-order valence-corrected chi connectivity index (χ0v) is 32.1. The first-order chi connectivity index (χ1) is 25.0. The fourth-order valence-corrected chi connectivity index (χ4v) is 10.2. The molecule has 0 spiro atoms. The van der Waals surface area contributed by atoms with Crippen molar-refractivity contribution in [1.82, 2.24) is 0 Å². The number of rotatable bonds is 2. The SMILES string of the molecule is Cc1c(C)c(C)c(-c2cc3c4ccccc4c4cc5c(cc6c7ccccc7c7cc(-c8c(C)c(C)c(C)c(C)c8C)cc5c76)c(c2)c34)c(C)c1C. The third-order valence-electron chi connectivity index (χ3n) is 13.9. The molecule has 0 unspecified atom stereocenters. The highest BCUT2D eigenvalue weighted by atomic mass is 14.3. The molecule has 0 nitrogen and oxygen atoms in total. The largest absolute Gasteiger partial charge is 0.0616 e. The van der Waals surface area contributed by atoms with Crippen LogP contribution in [0.5, 0.6) is 0 Å². The highest BCUT2D eigenvalue weighted by Gasteiger charge is 2.23. The van der Waals surface area contributed by atoms with Crippen LogP contribution in [0.15, 0.2) is 84.9 Å². The summed E-state index contributed by atoms with van der Waals surface area (Å²) in [5.41, 5.74) is 19.4. The molecule has 52 heavy (non-hydrogen) atoms. The minimum atomic E-state index is 1.32. The van der Waals surface area contributed by atoms with Gasteiger partial charge in [0.05, 0.1) is 0 Å². The molecule has 252 valence electrons. The van der Waals surface area contributed by atoms with E-state index in [4.69, 9.17) is 0 Å². The summed E-state index contributed by atoms with van der Waals surface area (Å²) in [5, 5.41) is 19.0. The molecule has 0 aliphatic carbocycles. The molecular weight excluding hydrogens is 625 g/mol. The van der Waals surface area contributed by atoms with Gasteiger partial charge in [-0.3, -0.25) is 0 Å². The molecule has 0 saturated heterocycles. The smallest absolute Gasteiger partial charge is 0.00195 e. The molecule has 10 aromatic rings. The van der Waals surface area contributed by atoms with E-state index >= 15 is 0 Å². The van der Waals surface area contributed by atoms with Crippen molar-refractivity contribution in [3.05, 3.63) is 141 Å². The Kier molecular flexibility index (Phi) is 6.35. The van der Waals surface area contributed by atoms with E-state index in [0.717, 1.165) is 0 Å². The molecule has 0 heterocycles.